The lowest BCUT2D eigenvalue weighted by Gasteiger charge is -2.21. The van der Waals surface area contributed by atoms with Crippen LogP contribution in [0.5, 0.6) is 0 Å². The zero-order valence-corrected chi connectivity index (χ0v) is 10.4. The van der Waals surface area contributed by atoms with Crippen molar-refractivity contribution in [3.8, 4) is 0 Å². The van der Waals surface area contributed by atoms with E-state index in [0.717, 1.165) is 31.2 Å². The molecule has 1 N–H and O–H groups in total. The predicted octanol–water partition coefficient (Wildman–Crippen LogP) is 3.51. The van der Waals surface area contributed by atoms with Gasteiger partial charge in [-0.25, -0.2) is 0 Å². The number of hydrogen-bond acceptors (Lipinski definition) is 2. The van der Waals surface area contributed by atoms with Crippen LogP contribution in [-0.2, 0) is 12.8 Å². The minimum Gasteiger partial charge on any atom is -0.472 e. The van der Waals surface area contributed by atoms with Crippen LogP contribution < -0.4 is 0 Å². The molecule has 94 valence electrons. The summed E-state index contributed by atoms with van der Waals surface area (Å²) in [6.07, 6.45) is 7.33. The van der Waals surface area contributed by atoms with Gasteiger partial charge in [0, 0.05) is 0 Å². The second-order valence-corrected chi connectivity index (χ2v) is 5.13. The molecule has 1 aliphatic rings. The van der Waals surface area contributed by atoms with Gasteiger partial charge in [0.05, 0.1) is 18.6 Å². The van der Waals surface area contributed by atoms with E-state index in [0.29, 0.717) is 5.92 Å². The molecule has 0 bridgehead atoms. The van der Waals surface area contributed by atoms with Crippen molar-refractivity contribution in [3.63, 3.8) is 0 Å². The van der Waals surface area contributed by atoms with Crippen LogP contribution >= 0.6 is 0 Å². The zero-order valence-electron chi connectivity index (χ0n) is 10.4. The molecule has 2 atom stereocenters. The first-order chi connectivity index (χ1) is 8.84. The Labute approximate surface area is 107 Å². The maximum absolute atomic E-state index is 10.6. The number of aliphatic hydroxyl groups is 1. The van der Waals surface area contributed by atoms with Crippen LogP contribution in [0, 0.1) is 5.92 Å². The minimum absolute atomic E-state index is 0.297. The van der Waals surface area contributed by atoms with E-state index in [4.69, 9.17) is 4.42 Å². The van der Waals surface area contributed by atoms with E-state index in [2.05, 4.69) is 18.2 Å². The van der Waals surface area contributed by atoms with Gasteiger partial charge in [0.2, 0.25) is 0 Å². The molecule has 0 amide bonds. The fourth-order valence-corrected chi connectivity index (χ4v) is 2.94. The summed E-state index contributed by atoms with van der Waals surface area (Å²) in [5, 5.41) is 10.6. The third-order valence-corrected chi connectivity index (χ3v) is 3.92. The van der Waals surface area contributed by atoms with Crippen molar-refractivity contribution in [1.82, 2.24) is 0 Å². The summed E-state index contributed by atoms with van der Waals surface area (Å²) >= 11 is 0. The van der Waals surface area contributed by atoms with Crippen LogP contribution in [0.15, 0.2) is 47.3 Å². The molecular formula is C16H18O2. The second-order valence-electron chi connectivity index (χ2n) is 5.13. The van der Waals surface area contributed by atoms with Gasteiger partial charge in [0.1, 0.15) is 0 Å². The summed E-state index contributed by atoms with van der Waals surface area (Å²) in [6.45, 7) is 0. The van der Waals surface area contributed by atoms with E-state index in [1.165, 1.54) is 11.1 Å². The maximum atomic E-state index is 10.6. The zero-order chi connectivity index (χ0) is 12.4. The second kappa shape index (κ2) is 4.99. The third kappa shape index (κ3) is 2.21. The molecule has 1 heterocycles. The summed E-state index contributed by atoms with van der Waals surface area (Å²) < 4.78 is 5.11. The quantitative estimate of drug-likeness (QED) is 0.817. The molecule has 0 fully saturated rings. The first-order valence-electron chi connectivity index (χ1n) is 6.61. The van der Waals surface area contributed by atoms with Crippen molar-refractivity contribution in [1.29, 1.82) is 0 Å². The SMILES string of the molecule is OC1c2ccccc2CCCC1Cc1ccoc1. The molecule has 2 unspecified atom stereocenters. The number of furan rings is 1. The Balaban J connectivity index is 1.85. The highest BCUT2D eigenvalue weighted by atomic mass is 16.3. The fraction of sp³-hybridized carbons (Fsp3) is 0.375. The minimum atomic E-state index is -0.349. The van der Waals surface area contributed by atoms with E-state index >= 15 is 0 Å². The number of aliphatic hydroxyl groups excluding tert-OH is 1. The van der Waals surface area contributed by atoms with Crippen LogP contribution in [0.2, 0.25) is 0 Å². The molecule has 2 nitrogen and oxygen atoms in total. The van der Waals surface area contributed by atoms with Gasteiger partial charge >= 0.3 is 0 Å². The molecule has 1 aliphatic carbocycles. The summed E-state index contributed by atoms with van der Waals surface area (Å²) in [6, 6.07) is 10.3. The van der Waals surface area contributed by atoms with Crippen molar-refractivity contribution >= 4 is 0 Å². The van der Waals surface area contributed by atoms with Crippen LogP contribution in [-0.4, -0.2) is 5.11 Å². The molecule has 0 radical (unpaired) electrons. The molecule has 0 spiro atoms. The summed E-state index contributed by atoms with van der Waals surface area (Å²) in [5.74, 6) is 0.297. The lowest BCUT2D eigenvalue weighted by atomic mass is 9.89. The number of aryl methyl sites for hydroxylation is 1. The van der Waals surface area contributed by atoms with Gasteiger partial charge in [0.25, 0.3) is 0 Å². The molecule has 3 rings (SSSR count). The van der Waals surface area contributed by atoms with Gasteiger partial charge in [-0.05, 0) is 54.4 Å². The highest BCUT2D eigenvalue weighted by Crippen LogP contribution is 2.35. The molecular weight excluding hydrogens is 224 g/mol. The van der Waals surface area contributed by atoms with Crippen molar-refractivity contribution in [2.24, 2.45) is 5.92 Å². The Kier molecular flexibility index (Phi) is 3.20. The van der Waals surface area contributed by atoms with E-state index < -0.39 is 0 Å². The number of hydrogen-bond donors (Lipinski definition) is 1. The Morgan fingerprint density at radius 2 is 2.11 bits per heavy atom. The van der Waals surface area contributed by atoms with E-state index in [9.17, 15) is 5.11 Å². The summed E-state index contributed by atoms with van der Waals surface area (Å²) in [5.41, 5.74) is 3.60. The fourth-order valence-electron chi connectivity index (χ4n) is 2.94. The standard InChI is InChI=1S/C16H18O2/c17-16-14(10-12-8-9-18-11-12)6-3-5-13-4-1-2-7-15(13)16/h1-2,4,7-9,11,14,16-17H,3,5-6,10H2. The molecule has 2 aromatic rings. The number of fused-ring (bicyclic) bond motifs is 1. The van der Waals surface area contributed by atoms with Crippen molar-refractivity contribution in [3.05, 3.63) is 59.5 Å². The van der Waals surface area contributed by atoms with Crippen LogP contribution in [0.1, 0.15) is 35.6 Å². The number of rotatable bonds is 2. The lowest BCUT2D eigenvalue weighted by Crippen LogP contribution is -2.14. The van der Waals surface area contributed by atoms with Gasteiger partial charge in [-0.3, -0.25) is 0 Å². The van der Waals surface area contributed by atoms with E-state index in [1.807, 2.05) is 12.1 Å². The van der Waals surface area contributed by atoms with Crippen LogP contribution in [0.4, 0.5) is 0 Å². The van der Waals surface area contributed by atoms with Crippen LogP contribution in [0.25, 0.3) is 0 Å². The molecule has 0 aliphatic heterocycles. The molecule has 0 saturated heterocycles. The average Bonchev–Trinajstić information content (AvgIpc) is 2.85. The predicted molar refractivity (Wildman–Crippen MR) is 70.2 cm³/mol. The van der Waals surface area contributed by atoms with Gasteiger partial charge < -0.3 is 9.52 Å². The third-order valence-electron chi connectivity index (χ3n) is 3.92. The molecule has 2 heteroatoms. The average molecular weight is 242 g/mol. The Morgan fingerprint density at radius 1 is 1.22 bits per heavy atom. The molecule has 0 saturated carbocycles. The van der Waals surface area contributed by atoms with Crippen LogP contribution in [0.3, 0.4) is 0 Å². The highest BCUT2D eigenvalue weighted by molar-refractivity contribution is 5.31. The van der Waals surface area contributed by atoms with Gasteiger partial charge in [-0.1, -0.05) is 24.3 Å². The maximum Gasteiger partial charge on any atom is 0.0934 e. The monoisotopic (exact) mass is 242 g/mol. The number of benzene rings is 1. The molecule has 1 aromatic carbocycles. The normalized spacial score (nSPS) is 23.4. The smallest absolute Gasteiger partial charge is 0.0934 e. The van der Waals surface area contributed by atoms with Crippen molar-refractivity contribution in [2.75, 3.05) is 0 Å². The lowest BCUT2D eigenvalue weighted by molar-refractivity contribution is 0.105. The van der Waals surface area contributed by atoms with Gasteiger partial charge in [-0.2, -0.15) is 0 Å². The van der Waals surface area contributed by atoms with Crippen molar-refractivity contribution < 1.29 is 9.52 Å². The first-order valence-corrected chi connectivity index (χ1v) is 6.61. The molecule has 18 heavy (non-hydrogen) atoms. The van der Waals surface area contributed by atoms with Crippen molar-refractivity contribution in [2.45, 2.75) is 31.8 Å². The first kappa shape index (κ1) is 11.5. The topological polar surface area (TPSA) is 33.4 Å². The van der Waals surface area contributed by atoms with E-state index in [1.54, 1.807) is 12.5 Å². The largest absolute Gasteiger partial charge is 0.472 e. The Morgan fingerprint density at radius 3 is 2.94 bits per heavy atom. The van der Waals surface area contributed by atoms with Gasteiger partial charge in [-0.15, -0.1) is 0 Å². The Hall–Kier alpha value is -1.54. The highest BCUT2D eigenvalue weighted by Gasteiger charge is 2.26. The molecule has 1 aromatic heterocycles. The summed E-state index contributed by atoms with van der Waals surface area (Å²) in [7, 11) is 0. The van der Waals surface area contributed by atoms with Gasteiger partial charge in [0.15, 0.2) is 0 Å². The Bertz CT molecular complexity index is 502. The summed E-state index contributed by atoms with van der Waals surface area (Å²) in [4.78, 5) is 0. The van der Waals surface area contributed by atoms with E-state index in [-0.39, 0.29) is 6.10 Å².